The van der Waals surface area contributed by atoms with Crippen molar-refractivity contribution in [3.8, 4) is 5.69 Å². The molecule has 0 saturated carbocycles. The lowest BCUT2D eigenvalue weighted by Crippen LogP contribution is -2.33. The summed E-state index contributed by atoms with van der Waals surface area (Å²) in [5.41, 5.74) is 3.24. The standard InChI is InChI=1S/C21H23N7O/c1-4-13(2)19(20-22-17-7-5-6-8-18(17)23-20)24-21(29)15-9-11-16(12-10-15)28-14(3)25-26-27-28/h5-13,19H,4H2,1-3H3,(H,22,23)(H,24,29)/t13-,19+/m1/s1. The molecule has 29 heavy (non-hydrogen) atoms. The number of imidazole rings is 1. The second-order valence-corrected chi connectivity index (χ2v) is 7.16. The van der Waals surface area contributed by atoms with Crippen molar-refractivity contribution in [3.05, 3.63) is 65.7 Å². The predicted molar refractivity (Wildman–Crippen MR) is 110 cm³/mol. The molecule has 0 radical (unpaired) electrons. The molecule has 8 nitrogen and oxygen atoms in total. The molecule has 8 heteroatoms. The summed E-state index contributed by atoms with van der Waals surface area (Å²) >= 11 is 0. The van der Waals surface area contributed by atoms with E-state index in [1.165, 1.54) is 0 Å². The van der Waals surface area contributed by atoms with Gasteiger partial charge in [0.2, 0.25) is 0 Å². The molecule has 0 unspecified atom stereocenters. The summed E-state index contributed by atoms with van der Waals surface area (Å²) in [5.74, 6) is 1.54. The fourth-order valence-electron chi connectivity index (χ4n) is 3.28. The molecule has 148 valence electrons. The number of H-pyrrole nitrogens is 1. The second kappa shape index (κ2) is 7.83. The molecular formula is C21H23N7O. The minimum Gasteiger partial charge on any atom is -0.342 e. The predicted octanol–water partition coefficient (Wildman–Crippen LogP) is 3.36. The number of nitrogens with one attached hydrogen (secondary N) is 2. The zero-order chi connectivity index (χ0) is 20.4. The molecule has 2 aromatic carbocycles. The Morgan fingerprint density at radius 3 is 2.59 bits per heavy atom. The second-order valence-electron chi connectivity index (χ2n) is 7.16. The Morgan fingerprint density at radius 2 is 1.93 bits per heavy atom. The summed E-state index contributed by atoms with van der Waals surface area (Å²) in [6, 6.07) is 14.9. The van der Waals surface area contributed by atoms with E-state index in [1.54, 1.807) is 16.8 Å². The van der Waals surface area contributed by atoms with Crippen LogP contribution < -0.4 is 5.32 Å². The molecule has 0 aliphatic heterocycles. The van der Waals surface area contributed by atoms with Crippen molar-refractivity contribution in [2.24, 2.45) is 5.92 Å². The van der Waals surface area contributed by atoms with E-state index in [4.69, 9.17) is 4.98 Å². The molecule has 2 N–H and O–H groups in total. The van der Waals surface area contributed by atoms with Crippen molar-refractivity contribution >= 4 is 16.9 Å². The Kier molecular flexibility index (Phi) is 5.07. The SMILES string of the molecule is CC[C@@H](C)[C@H](NC(=O)c1ccc(-n2nnnc2C)cc1)c1nc2ccccc2[nH]1. The molecular weight excluding hydrogens is 366 g/mol. The number of aromatic nitrogens is 6. The lowest BCUT2D eigenvalue weighted by Gasteiger charge is -2.22. The van der Waals surface area contributed by atoms with Crippen LogP contribution in [0.4, 0.5) is 0 Å². The quantitative estimate of drug-likeness (QED) is 0.526. The minimum atomic E-state index is -0.207. The molecule has 0 aliphatic carbocycles. The van der Waals surface area contributed by atoms with Crippen LogP contribution in [0.15, 0.2) is 48.5 Å². The van der Waals surface area contributed by atoms with Crippen LogP contribution in [0.1, 0.15) is 48.3 Å². The van der Waals surface area contributed by atoms with Gasteiger partial charge in [-0.2, -0.15) is 4.68 Å². The lowest BCUT2D eigenvalue weighted by molar-refractivity contribution is 0.0920. The first-order valence-corrected chi connectivity index (χ1v) is 9.67. The van der Waals surface area contributed by atoms with E-state index in [1.807, 2.05) is 43.3 Å². The van der Waals surface area contributed by atoms with Gasteiger partial charge in [0.1, 0.15) is 5.82 Å². The van der Waals surface area contributed by atoms with E-state index >= 15 is 0 Å². The maximum absolute atomic E-state index is 12.9. The third-order valence-corrected chi connectivity index (χ3v) is 5.20. The molecule has 4 aromatic rings. The van der Waals surface area contributed by atoms with Gasteiger partial charge in [-0.05, 0) is 59.7 Å². The molecule has 0 saturated heterocycles. The van der Waals surface area contributed by atoms with Gasteiger partial charge >= 0.3 is 0 Å². The maximum Gasteiger partial charge on any atom is 0.251 e. The highest BCUT2D eigenvalue weighted by Crippen LogP contribution is 2.25. The Bertz CT molecular complexity index is 1100. The van der Waals surface area contributed by atoms with Gasteiger partial charge in [0.25, 0.3) is 5.91 Å². The van der Waals surface area contributed by atoms with Crippen LogP contribution in [0.2, 0.25) is 0 Å². The number of rotatable bonds is 6. The summed E-state index contributed by atoms with van der Waals surface area (Å²) in [4.78, 5) is 21.0. The van der Waals surface area contributed by atoms with Gasteiger partial charge in [-0.15, -0.1) is 5.10 Å². The van der Waals surface area contributed by atoms with Gasteiger partial charge in [0.05, 0.1) is 22.8 Å². The zero-order valence-electron chi connectivity index (χ0n) is 16.6. The highest BCUT2D eigenvalue weighted by atomic mass is 16.1. The Labute approximate surface area is 168 Å². The normalized spacial score (nSPS) is 13.3. The number of tetrazole rings is 1. The average molecular weight is 389 g/mol. The third kappa shape index (κ3) is 3.73. The van der Waals surface area contributed by atoms with Crippen LogP contribution in [-0.4, -0.2) is 36.1 Å². The monoisotopic (exact) mass is 389 g/mol. The minimum absolute atomic E-state index is 0.143. The fourth-order valence-corrected chi connectivity index (χ4v) is 3.28. The number of hydrogen-bond donors (Lipinski definition) is 2. The molecule has 0 spiro atoms. The molecule has 4 rings (SSSR count). The first-order chi connectivity index (χ1) is 14.1. The maximum atomic E-state index is 12.9. The molecule has 1 amide bonds. The molecule has 2 aromatic heterocycles. The number of para-hydroxylation sites is 2. The summed E-state index contributed by atoms with van der Waals surface area (Å²) in [5, 5.41) is 14.6. The molecule has 0 aliphatic rings. The number of nitrogens with zero attached hydrogens (tertiary/aromatic N) is 5. The van der Waals surface area contributed by atoms with E-state index in [0.29, 0.717) is 11.4 Å². The Balaban J connectivity index is 1.57. The largest absolute Gasteiger partial charge is 0.342 e. The molecule has 0 fully saturated rings. The molecule has 2 atom stereocenters. The van der Waals surface area contributed by atoms with Crippen molar-refractivity contribution < 1.29 is 4.79 Å². The van der Waals surface area contributed by atoms with Gasteiger partial charge in [-0.3, -0.25) is 4.79 Å². The highest BCUT2D eigenvalue weighted by molar-refractivity contribution is 5.94. The van der Waals surface area contributed by atoms with E-state index in [0.717, 1.165) is 29.0 Å². The van der Waals surface area contributed by atoms with Gasteiger partial charge in [0, 0.05) is 5.56 Å². The first-order valence-electron chi connectivity index (χ1n) is 9.67. The van der Waals surface area contributed by atoms with Crippen LogP contribution in [0, 0.1) is 12.8 Å². The number of aromatic amines is 1. The van der Waals surface area contributed by atoms with Gasteiger partial charge < -0.3 is 10.3 Å². The topological polar surface area (TPSA) is 101 Å². The first kappa shape index (κ1) is 18.8. The summed E-state index contributed by atoms with van der Waals surface area (Å²) in [7, 11) is 0. The van der Waals surface area contributed by atoms with Crippen molar-refractivity contribution in [1.82, 2.24) is 35.5 Å². The van der Waals surface area contributed by atoms with E-state index in [-0.39, 0.29) is 17.9 Å². The van der Waals surface area contributed by atoms with Crippen molar-refractivity contribution in [1.29, 1.82) is 0 Å². The van der Waals surface area contributed by atoms with Crippen molar-refractivity contribution in [2.45, 2.75) is 33.2 Å². The van der Waals surface area contributed by atoms with Crippen molar-refractivity contribution in [2.75, 3.05) is 0 Å². The van der Waals surface area contributed by atoms with E-state index in [2.05, 4.69) is 39.7 Å². The summed E-state index contributed by atoms with van der Waals surface area (Å²) in [6.07, 6.45) is 0.916. The number of carbonyl (C=O) groups excluding carboxylic acids is 1. The van der Waals surface area contributed by atoms with Crippen molar-refractivity contribution in [3.63, 3.8) is 0 Å². The Hall–Kier alpha value is -3.55. The molecule has 2 heterocycles. The van der Waals surface area contributed by atoms with Crippen LogP contribution in [0.3, 0.4) is 0 Å². The fraction of sp³-hybridized carbons (Fsp3) is 0.286. The lowest BCUT2D eigenvalue weighted by atomic mass is 9.98. The smallest absolute Gasteiger partial charge is 0.251 e. The van der Waals surface area contributed by atoms with Crippen LogP contribution in [0.5, 0.6) is 0 Å². The van der Waals surface area contributed by atoms with Crippen LogP contribution >= 0.6 is 0 Å². The van der Waals surface area contributed by atoms with E-state index < -0.39 is 0 Å². The Morgan fingerprint density at radius 1 is 1.17 bits per heavy atom. The van der Waals surface area contributed by atoms with E-state index in [9.17, 15) is 4.79 Å². The summed E-state index contributed by atoms with van der Waals surface area (Å²) in [6.45, 7) is 6.04. The highest BCUT2D eigenvalue weighted by Gasteiger charge is 2.24. The number of benzene rings is 2. The number of hydrogen-bond acceptors (Lipinski definition) is 5. The number of aryl methyl sites for hydroxylation is 1. The van der Waals surface area contributed by atoms with Crippen LogP contribution in [0.25, 0.3) is 16.7 Å². The number of fused-ring (bicyclic) bond motifs is 1. The average Bonchev–Trinajstić information content (AvgIpc) is 3.37. The molecule has 0 bridgehead atoms. The summed E-state index contributed by atoms with van der Waals surface area (Å²) < 4.78 is 1.62. The number of amides is 1. The van der Waals surface area contributed by atoms with Gasteiger partial charge in [-0.25, -0.2) is 4.98 Å². The third-order valence-electron chi connectivity index (χ3n) is 5.20. The van der Waals surface area contributed by atoms with Gasteiger partial charge in [0.15, 0.2) is 5.82 Å². The van der Waals surface area contributed by atoms with Crippen LogP contribution in [-0.2, 0) is 0 Å². The number of carbonyl (C=O) groups is 1. The zero-order valence-corrected chi connectivity index (χ0v) is 16.6. The van der Waals surface area contributed by atoms with Gasteiger partial charge in [-0.1, -0.05) is 32.4 Å².